The average molecular weight is 287 g/mol. The van der Waals surface area contributed by atoms with E-state index in [0.29, 0.717) is 0 Å². The maximum Gasteiger partial charge on any atom is -0.00469 e. The van der Waals surface area contributed by atoms with E-state index in [4.69, 9.17) is 0 Å². The van der Waals surface area contributed by atoms with Crippen LogP contribution in [0.4, 0.5) is 0 Å². The standard InChI is InChI=1S/C15H27Br/c1-4-5-6-7-8-9-10-11-12-15(16)13-14(2)3/h13H,2,4-12H2,1,3H3. The van der Waals surface area contributed by atoms with Crippen molar-refractivity contribution in [2.45, 2.75) is 71.6 Å². The molecule has 0 spiro atoms. The van der Waals surface area contributed by atoms with E-state index in [0.717, 1.165) is 5.57 Å². The van der Waals surface area contributed by atoms with E-state index in [1.54, 1.807) is 0 Å². The van der Waals surface area contributed by atoms with Crippen LogP contribution in [-0.2, 0) is 0 Å². The maximum absolute atomic E-state index is 3.87. The summed E-state index contributed by atoms with van der Waals surface area (Å²) < 4.78 is 1.30. The van der Waals surface area contributed by atoms with E-state index < -0.39 is 0 Å². The second kappa shape index (κ2) is 11.4. The van der Waals surface area contributed by atoms with Crippen molar-refractivity contribution in [3.05, 3.63) is 22.7 Å². The number of hydrogen-bond donors (Lipinski definition) is 0. The molecule has 0 aliphatic rings. The maximum atomic E-state index is 3.87. The van der Waals surface area contributed by atoms with Crippen molar-refractivity contribution in [3.8, 4) is 0 Å². The molecule has 94 valence electrons. The van der Waals surface area contributed by atoms with E-state index in [9.17, 15) is 0 Å². The van der Waals surface area contributed by atoms with E-state index in [1.165, 1.54) is 62.3 Å². The third-order valence-corrected chi connectivity index (χ3v) is 3.30. The Labute approximate surface area is 110 Å². The highest BCUT2D eigenvalue weighted by atomic mass is 79.9. The molecule has 0 aromatic carbocycles. The summed E-state index contributed by atoms with van der Waals surface area (Å²) in [5, 5.41) is 0. The lowest BCUT2D eigenvalue weighted by molar-refractivity contribution is 0.577. The minimum absolute atomic E-state index is 1.13. The van der Waals surface area contributed by atoms with Crippen molar-refractivity contribution >= 4 is 15.9 Å². The number of halogens is 1. The highest BCUT2D eigenvalue weighted by molar-refractivity contribution is 9.11. The van der Waals surface area contributed by atoms with Crippen molar-refractivity contribution in [2.24, 2.45) is 0 Å². The lowest BCUT2D eigenvalue weighted by atomic mass is 10.1. The molecule has 0 fully saturated rings. The molecule has 1 heteroatoms. The Morgan fingerprint density at radius 2 is 1.50 bits per heavy atom. The van der Waals surface area contributed by atoms with Crippen LogP contribution in [0.15, 0.2) is 22.7 Å². The van der Waals surface area contributed by atoms with Crippen molar-refractivity contribution in [1.29, 1.82) is 0 Å². The molecule has 0 N–H and O–H groups in total. The van der Waals surface area contributed by atoms with E-state index in [-0.39, 0.29) is 0 Å². The molecular weight excluding hydrogens is 260 g/mol. The molecule has 0 heterocycles. The molecule has 0 aromatic rings. The van der Waals surface area contributed by atoms with Gasteiger partial charge < -0.3 is 0 Å². The Bertz CT molecular complexity index is 203. The fourth-order valence-corrected chi connectivity index (χ4v) is 2.44. The summed E-state index contributed by atoms with van der Waals surface area (Å²) in [5.74, 6) is 0. The summed E-state index contributed by atoms with van der Waals surface area (Å²) in [6.07, 6.45) is 14.4. The molecule has 0 amide bonds. The summed E-state index contributed by atoms with van der Waals surface area (Å²) in [4.78, 5) is 0. The zero-order valence-corrected chi connectivity index (χ0v) is 12.6. The van der Waals surface area contributed by atoms with Crippen molar-refractivity contribution < 1.29 is 0 Å². The van der Waals surface area contributed by atoms with E-state index >= 15 is 0 Å². The number of hydrogen-bond acceptors (Lipinski definition) is 0. The van der Waals surface area contributed by atoms with Crippen LogP contribution >= 0.6 is 15.9 Å². The molecule has 0 radical (unpaired) electrons. The van der Waals surface area contributed by atoms with Gasteiger partial charge in [0, 0.05) is 0 Å². The first-order valence-electron chi connectivity index (χ1n) is 6.68. The first-order chi connectivity index (χ1) is 7.66. The molecule has 0 aromatic heterocycles. The van der Waals surface area contributed by atoms with Crippen LogP contribution < -0.4 is 0 Å². The Morgan fingerprint density at radius 3 is 2.00 bits per heavy atom. The molecule has 16 heavy (non-hydrogen) atoms. The summed E-state index contributed by atoms with van der Waals surface area (Å²) in [6, 6.07) is 0. The van der Waals surface area contributed by atoms with Gasteiger partial charge in [-0.25, -0.2) is 0 Å². The van der Waals surface area contributed by atoms with Gasteiger partial charge in [-0.1, -0.05) is 80.0 Å². The molecule has 0 aliphatic heterocycles. The van der Waals surface area contributed by atoms with Gasteiger partial charge in [0.1, 0.15) is 0 Å². The summed E-state index contributed by atoms with van der Waals surface area (Å²) in [7, 11) is 0. The third-order valence-electron chi connectivity index (χ3n) is 2.67. The SMILES string of the molecule is C=C(C)C=C(Br)CCCCCCCCCC. The highest BCUT2D eigenvalue weighted by Gasteiger charge is 1.94. The van der Waals surface area contributed by atoms with Gasteiger partial charge in [-0.15, -0.1) is 0 Å². The van der Waals surface area contributed by atoms with Gasteiger partial charge in [0.25, 0.3) is 0 Å². The van der Waals surface area contributed by atoms with Gasteiger partial charge in [-0.2, -0.15) is 0 Å². The van der Waals surface area contributed by atoms with Crippen LogP contribution in [0.25, 0.3) is 0 Å². The number of allylic oxidation sites excluding steroid dienone is 3. The largest absolute Gasteiger partial charge is 0.0961 e. The highest BCUT2D eigenvalue weighted by Crippen LogP contribution is 2.18. The zero-order chi connectivity index (χ0) is 12.2. The fraction of sp³-hybridized carbons (Fsp3) is 0.733. The smallest absolute Gasteiger partial charge is 0.00469 e. The number of unbranched alkanes of at least 4 members (excludes halogenated alkanes) is 7. The van der Waals surface area contributed by atoms with Crippen LogP contribution in [0.3, 0.4) is 0 Å². The summed E-state index contributed by atoms with van der Waals surface area (Å²) >= 11 is 3.58. The number of rotatable bonds is 10. The van der Waals surface area contributed by atoms with Crippen molar-refractivity contribution in [2.75, 3.05) is 0 Å². The monoisotopic (exact) mass is 286 g/mol. The molecule has 0 nitrogen and oxygen atoms in total. The van der Waals surface area contributed by atoms with Crippen LogP contribution in [0.1, 0.15) is 71.6 Å². The molecule has 0 bridgehead atoms. The fourth-order valence-electron chi connectivity index (χ4n) is 1.77. The van der Waals surface area contributed by atoms with Crippen LogP contribution in [0, 0.1) is 0 Å². The van der Waals surface area contributed by atoms with Gasteiger partial charge in [0.05, 0.1) is 0 Å². The average Bonchev–Trinajstić information content (AvgIpc) is 2.21. The first-order valence-corrected chi connectivity index (χ1v) is 7.47. The van der Waals surface area contributed by atoms with Gasteiger partial charge in [0.2, 0.25) is 0 Å². The first kappa shape index (κ1) is 16.0. The second-order valence-corrected chi connectivity index (χ2v) is 5.68. The molecule has 0 aliphatic carbocycles. The minimum Gasteiger partial charge on any atom is -0.0961 e. The predicted octanol–water partition coefficient (Wildman–Crippen LogP) is 6.37. The topological polar surface area (TPSA) is 0 Å². The van der Waals surface area contributed by atoms with E-state index in [1.807, 2.05) is 6.92 Å². The van der Waals surface area contributed by atoms with Gasteiger partial charge in [0.15, 0.2) is 0 Å². The Kier molecular flexibility index (Phi) is 11.4. The summed E-state index contributed by atoms with van der Waals surface area (Å²) in [6.45, 7) is 8.18. The van der Waals surface area contributed by atoms with Crippen molar-refractivity contribution in [1.82, 2.24) is 0 Å². The van der Waals surface area contributed by atoms with Crippen LogP contribution in [0.2, 0.25) is 0 Å². The van der Waals surface area contributed by atoms with Gasteiger partial charge in [-0.05, 0) is 30.3 Å². The molecule has 0 unspecified atom stereocenters. The lowest BCUT2D eigenvalue weighted by Crippen LogP contribution is -1.81. The van der Waals surface area contributed by atoms with Gasteiger partial charge >= 0.3 is 0 Å². The molecule has 0 rings (SSSR count). The zero-order valence-electron chi connectivity index (χ0n) is 11.0. The molecule has 0 atom stereocenters. The Hall–Kier alpha value is -0.0400. The van der Waals surface area contributed by atoms with Crippen LogP contribution in [-0.4, -0.2) is 0 Å². The Balaban J connectivity index is 3.24. The third kappa shape index (κ3) is 12.0. The predicted molar refractivity (Wildman–Crippen MR) is 79.1 cm³/mol. The van der Waals surface area contributed by atoms with Gasteiger partial charge in [-0.3, -0.25) is 0 Å². The molecule has 0 saturated heterocycles. The van der Waals surface area contributed by atoms with E-state index in [2.05, 4.69) is 35.5 Å². The molecule has 0 saturated carbocycles. The van der Waals surface area contributed by atoms with Crippen molar-refractivity contribution in [3.63, 3.8) is 0 Å². The summed E-state index contributed by atoms with van der Waals surface area (Å²) in [5.41, 5.74) is 1.13. The lowest BCUT2D eigenvalue weighted by Gasteiger charge is -2.02. The molecular formula is C15H27Br. The minimum atomic E-state index is 1.13. The normalized spacial score (nSPS) is 11.8. The quantitative estimate of drug-likeness (QED) is 0.323. The van der Waals surface area contributed by atoms with Crippen LogP contribution in [0.5, 0.6) is 0 Å². The Morgan fingerprint density at radius 1 is 1.00 bits per heavy atom. The second-order valence-electron chi connectivity index (χ2n) is 4.66.